The Bertz CT molecular complexity index is 951. The minimum atomic E-state index is -0.0232. The monoisotopic (exact) mass is 388 g/mol. The Morgan fingerprint density at radius 1 is 1.14 bits per heavy atom. The zero-order chi connectivity index (χ0) is 20.1. The van der Waals surface area contributed by atoms with Gasteiger partial charge in [-0.25, -0.2) is 0 Å². The number of piperidine rings is 1. The topological polar surface area (TPSA) is 50.2 Å². The van der Waals surface area contributed by atoms with Gasteiger partial charge in [0.1, 0.15) is 0 Å². The predicted octanol–water partition coefficient (Wildman–Crippen LogP) is 3.67. The fraction of sp³-hybridized carbons (Fsp3) is 0.333. The van der Waals surface area contributed by atoms with Gasteiger partial charge in [-0.2, -0.15) is 5.10 Å². The molecule has 150 valence electrons. The first kappa shape index (κ1) is 19.4. The summed E-state index contributed by atoms with van der Waals surface area (Å²) in [7, 11) is 2.17. The standard InChI is InChI=1S/C24H28N4O/c1-27-13-5-11-22(17-27)19-9-4-10-20(15-19)24(29)25-16-21-7-2-3-8-23(21)18-28-14-6-12-26-28/h2-4,6-10,12,14-15,22H,5,11,13,16-18H2,1H3,(H,25,29). The number of amides is 1. The van der Waals surface area contributed by atoms with Crippen LogP contribution >= 0.6 is 0 Å². The first-order chi connectivity index (χ1) is 14.2. The van der Waals surface area contributed by atoms with Crippen molar-refractivity contribution in [2.45, 2.75) is 31.8 Å². The highest BCUT2D eigenvalue weighted by atomic mass is 16.1. The van der Waals surface area contributed by atoms with Crippen LogP contribution in [0.25, 0.3) is 0 Å². The molecule has 4 rings (SSSR count). The molecule has 0 spiro atoms. The molecular formula is C24H28N4O. The summed E-state index contributed by atoms with van der Waals surface area (Å²) in [6.07, 6.45) is 6.13. The normalized spacial score (nSPS) is 17.2. The molecule has 0 bridgehead atoms. The lowest BCUT2D eigenvalue weighted by Gasteiger charge is -2.30. The number of aromatic nitrogens is 2. The van der Waals surface area contributed by atoms with E-state index in [-0.39, 0.29) is 5.91 Å². The van der Waals surface area contributed by atoms with Gasteiger partial charge in [0.15, 0.2) is 0 Å². The Morgan fingerprint density at radius 3 is 2.79 bits per heavy atom. The van der Waals surface area contributed by atoms with Gasteiger partial charge in [0.05, 0.1) is 6.54 Å². The van der Waals surface area contributed by atoms with Crippen molar-refractivity contribution in [3.63, 3.8) is 0 Å². The van der Waals surface area contributed by atoms with Crippen molar-refractivity contribution in [1.29, 1.82) is 0 Å². The van der Waals surface area contributed by atoms with E-state index in [1.54, 1.807) is 6.20 Å². The Kier molecular flexibility index (Phi) is 6.06. The number of nitrogens with one attached hydrogen (secondary N) is 1. The third kappa shape index (κ3) is 4.93. The molecule has 29 heavy (non-hydrogen) atoms. The van der Waals surface area contributed by atoms with E-state index in [4.69, 9.17) is 0 Å². The highest BCUT2D eigenvalue weighted by Gasteiger charge is 2.19. The van der Waals surface area contributed by atoms with E-state index in [9.17, 15) is 4.79 Å². The van der Waals surface area contributed by atoms with Gasteiger partial charge in [0.25, 0.3) is 5.91 Å². The molecule has 1 atom stereocenters. The minimum Gasteiger partial charge on any atom is -0.348 e. The van der Waals surface area contributed by atoms with Crippen LogP contribution in [0.1, 0.15) is 45.8 Å². The van der Waals surface area contributed by atoms with Crippen molar-refractivity contribution in [3.05, 3.63) is 89.2 Å². The number of carbonyl (C=O) groups is 1. The summed E-state index contributed by atoms with van der Waals surface area (Å²) < 4.78 is 1.89. The van der Waals surface area contributed by atoms with Crippen molar-refractivity contribution in [2.75, 3.05) is 20.1 Å². The van der Waals surface area contributed by atoms with Gasteiger partial charge >= 0.3 is 0 Å². The molecule has 1 fully saturated rings. The van der Waals surface area contributed by atoms with E-state index in [2.05, 4.69) is 46.6 Å². The molecule has 1 unspecified atom stereocenters. The van der Waals surface area contributed by atoms with E-state index in [0.29, 0.717) is 19.0 Å². The number of likely N-dealkylation sites (tertiary alicyclic amines) is 1. The van der Waals surface area contributed by atoms with Gasteiger partial charge in [-0.3, -0.25) is 9.48 Å². The first-order valence-electron chi connectivity index (χ1n) is 10.3. The van der Waals surface area contributed by atoms with Gasteiger partial charge in [-0.05, 0) is 67.2 Å². The second-order valence-corrected chi connectivity index (χ2v) is 7.88. The summed E-state index contributed by atoms with van der Waals surface area (Å²) in [4.78, 5) is 15.2. The summed E-state index contributed by atoms with van der Waals surface area (Å²) in [6.45, 7) is 3.43. The number of hydrogen-bond acceptors (Lipinski definition) is 3. The molecule has 5 nitrogen and oxygen atoms in total. The maximum absolute atomic E-state index is 12.8. The lowest BCUT2D eigenvalue weighted by Crippen LogP contribution is -2.31. The van der Waals surface area contributed by atoms with E-state index >= 15 is 0 Å². The fourth-order valence-electron chi connectivity index (χ4n) is 4.10. The summed E-state index contributed by atoms with van der Waals surface area (Å²) >= 11 is 0. The van der Waals surface area contributed by atoms with Crippen LogP contribution in [-0.4, -0.2) is 40.7 Å². The molecule has 3 aromatic rings. The quantitative estimate of drug-likeness (QED) is 0.701. The molecule has 0 saturated carbocycles. The smallest absolute Gasteiger partial charge is 0.251 e. The number of rotatable bonds is 6. The van der Waals surface area contributed by atoms with Crippen LogP contribution < -0.4 is 5.32 Å². The number of hydrogen-bond donors (Lipinski definition) is 1. The molecule has 1 saturated heterocycles. The Labute approximate surface area is 172 Å². The molecule has 5 heteroatoms. The van der Waals surface area contributed by atoms with Gasteiger partial charge in [-0.1, -0.05) is 36.4 Å². The fourth-order valence-corrected chi connectivity index (χ4v) is 4.10. The van der Waals surface area contributed by atoms with Gasteiger partial charge in [0.2, 0.25) is 0 Å². The van der Waals surface area contributed by atoms with Crippen LogP contribution in [0.3, 0.4) is 0 Å². The van der Waals surface area contributed by atoms with Crippen LogP contribution in [-0.2, 0) is 13.1 Å². The largest absolute Gasteiger partial charge is 0.348 e. The van der Waals surface area contributed by atoms with Crippen LogP contribution in [0.15, 0.2) is 67.0 Å². The SMILES string of the molecule is CN1CCCC(c2cccc(C(=O)NCc3ccccc3Cn3cccn3)c2)C1. The number of nitrogens with zero attached hydrogens (tertiary/aromatic N) is 3. The van der Waals surface area contributed by atoms with E-state index in [1.807, 2.05) is 41.2 Å². The molecule has 1 aliphatic heterocycles. The van der Waals surface area contributed by atoms with Gasteiger partial charge < -0.3 is 10.2 Å². The number of carbonyl (C=O) groups excluding carboxylic acids is 1. The van der Waals surface area contributed by atoms with Gasteiger partial charge in [0, 0.05) is 31.0 Å². The van der Waals surface area contributed by atoms with E-state index in [0.717, 1.165) is 29.8 Å². The second kappa shape index (κ2) is 9.05. The maximum atomic E-state index is 12.8. The highest BCUT2D eigenvalue weighted by Crippen LogP contribution is 2.26. The molecule has 1 amide bonds. The number of benzene rings is 2. The molecule has 1 aliphatic rings. The lowest BCUT2D eigenvalue weighted by atomic mass is 9.90. The number of likely N-dealkylation sites (N-methyl/N-ethyl adjacent to an activating group) is 1. The van der Waals surface area contributed by atoms with Gasteiger partial charge in [-0.15, -0.1) is 0 Å². The maximum Gasteiger partial charge on any atom is 0.251 e. The molecule has 2 aromatic carbocycles. The summed E-state index contributed by atoms with van der Waals surface area (Å²) in [5.41, 5.74) is 4.28. The van der Waals surface area contributed by atoms with Crippen molar-refractivity contribution >= 4 is 5.91 Å². The lowest BCUT2D eigenvalue weighted by molar-refractivity contribution is 0.0950. The van der Waals surface area contributed by atoms with Crippen molar-refractivity contribution in [3.8, 4) is 0 Å². The zero-order valence-electron chi connectivity index (χ0n) is 16.9. The van der Waals surface area contributed by atoms with E-state index in [1.165, 1.54) is 18.4 Å². The molecule has 1 aromatic heterocycles. The van der Waals surface area contributed by atoms with Crippen molar-refractivity contribution in [1.82, 2.24) is 20.0 Å². The zero-order valence-corrected chi connectivity index (χ0v) is 16.9. The Balaban J connectivity index is 1.42. The third-order valence-electron chi connectivity index (χ3n) is 5.69. The van der Waals surface area contributed by atoms with Crippen LogP contribution in [0.2, 0.25) is 0 Å². The predicted molar refractivity (Wildman–Crippen MR) is 115 cm³/mol. The van der Waals surface area contributed by atoms with Crippen molar-refractivity contribution in [2.24, 2.45) is 0 Å². The van der Waals surface area contributed by atoms with Crippen LogP contribution in [0.5, 0.6) is 0 Å². The summed E-state index contributed by atoms with van der Waals surface area (Å²) in [5.74, 6) is 0.487. The van der Waals surface area contributed by atoms with E-state index < -0.39 is 0 Å². The first-order valence-corrected chi connectivity index (χ1v) is 10.3. The molecule has 1 N–H and O–H groups in total. The molecular weight excluding hydrogens is 360 g/mol. The Hall–Kier alpha value is -2.92. The highest BCUT2D eigenvalue weighted by molar-refractivity contribution is 5.94. The van der Waals surface area contributed by atoms with Crippen LogP contribution in [0, 0.1) is 0 Å². The molecule has 0 radical (unpaired) electrons. The third-order valence-corrected chi connectivity index (χ3v) is 5.69. The Morgan fingerprint density at radius 2 is 2.00 bits per heavy atom. The second-order valence-electron chi connectivity index (χ2n) is 7.88. The van der Waals surface area contributed by atoms with Crippen LogP contribution in [0.4, 0.5) is 0 Å². The van der Waals surface area contributed by atoms with Crippen molar-refractivity contribution < 1.29 is 4.79 Å². The molecule has 0 aliphatic carbocycles. The minimum absolute atomic E-state index is 0.0232. The average Bonchev–Trinajstić information content (AvgIpc) is 3.26. The molecule has 2 heterocycles. The average molecular weight is 389 g/mol. The summed E-state index contributed by atoms with van der Waals surface area (Å²) in [5, 5.41) is 7.38. The summed E-state index contributed by atoms with van der Waals surface area (Å²) in [6, 6.07) is 18.2.